The molecule has 0 aromatic carbocycles. The molecule has 0 amide bonds. The van der Waals surface area contributed by atoms with Gasteiger partial charge in [-0.15, -0.1) is 5.10 Å². The van der Waals surface area contributed by atoms with Crippen molar-refractivity contribution in [3.05, 3.63) is 5.89 Å². The van der Waals surface area contributed by atoms with Crippen LogP contribution in [-0.4, -0.2) is 40.5 Å². The van der Waals surface area contributed by atoms with Gasteiger partial charge in [-0.3, -0.25) is 0 Å². The first-order valence-corrected chi connectivity index (χ1v) is 6.14. The summed E-state index contributed by atoms with van der Waals surface area (Å²) in [5, 5.41) is 20.8. The van der Waals surface area contributed by atoms with Crippen molar-refractivity contribution in [2.75, 3.05) is 18.0 Å². The van der Waals surface area contributed by atoms with Crippen molar-refractivity contribution in [1.29, 1.82) is 0 Å². The summed E-state index contributed by atoms with van der Waals surface area (Å²) in [7, 11) is 0. The molecule has 2 N–H and O–H groups in total. The molecule has 0 radical (unpaired) electrons. The largest absolute Gasteiger partial charge is 0.407 e. The van der Waals surface area contributed by atoms with Crippen LogP contribution in [0.1, 0.15) is 32.6 Å². The molecule has 2 heterocycles. The lowest BCUT2D eigenvalue weighted by Crippen LogP contribution is -2.38. The maximum absolute atomic E-state index is 9.58. The predicted molar refractivity (Wildman–Crippen MR) is 63.7 cm³/mol. The van der Waals surface area contributed by atoms with Crippen LogP contribution in [0.15, 0.2) is 4.42 Å². The summed E-state index contributed by atoms with van der Waals surface area (Å²) in [6, 6.07) is 0.909. The molecule has 1 aliphatic heterocycles. The van der Waals surface area contributed by atoms with Gasteiger partial charge in [0.05, 0.1) is 12.6 Å². The zero-order chi connectivity index (χ0) is 12.3. The minimum atomic E-state index is -0.284. The molecule has 1 saturated heterocycles. The lowest BCUT2D eigenvalue weighted by Gasteiger charge is -2.28. The van der Waals surface area contributed by atoms with Crippen LogP contribution in [0.2, 0.25) is 0 Å². The van der Waals surface area contributed by atoms with Gasteiger partial charge in [-0.1, -0.05) is 18.9 Å². The van der Waals surface area contributed by atoms with Crippen molar-refractivity contribution in [3.8, 4) is 0 Å². The zero-order valence-corrected chi connectivity index (χ0v) is 10.4. The highest BCUT2D eigenvalue weighted by Crippen LogP contribution is 2.18. The first kappa shape index (κ1) is 12.3. The number of β-amino-alcohol motifs (C(OH)–C–C–N with tert-alkyl or cyclic N) is 1. The summed E-state index contributed by atoms with van der Waals surface area (Å²) < 4.78 is 5.55. The van der Waals surface area contributed by atoms with E-state index in [1.54, 1.807) is 0 Å². The molecule has 0 bridgehead atoms. The third kappa shape index (κ3) is 3.41. The van der Waals surface area contributed by atoms with Gasteiger partial charge in [0, 0.05) is 19.1 Å². The molecule has 6 nitrogen and oxygen atoms in total. The Balaban J connectivity index is 1.92. The van der Waals surface area contributed by atoms with E-state index >= 15 is 0 Å². The molecule has 6 heteroatoms. The van der Waals surface area contributed by atoms with E-state index in [-0.39, 0.29) is 6.10 Å². The van der Waals surface area contributed by atoms with E-state index in [1.165, 1.54) is 0 Å². The van der Waals surface area contributed by atoms with Gasteiger partial charge in [0.25, 0.3) is 0 Å². The van der Waals surface area contributed by atoms with Crippen LogP contribution in [0, 0.1) is 0 Å². The highest BCUT2D eigenvalue weighted by Gasteiger charge is 2.22. The average Bonchev–Trinajstić information content (AvgIpc) is 2.75. The quantitative estimate of drug-likeness (QED) is 0.799. The summed E-state index contributed by atoms with van der Waals surface area (Å²) in [6.07, 6.45) is 1.53. The van der Waals surface area contributed by atoms with Crippen molar-refractivity contribution < 1.29 is 9.52 Å². The number of rotatable bonds is 4. The number of nitrogens with zero attached hydrogens (tertiary/aromatic N) is 3. The Hall–Kier alpha value is -1.14. The van der Waals surface area contributed by atoms with E-state index in [0.717, 1.165) is 19.4 Å². The summed E-state index contributed by atoms with van der Waals surface area (Å²) >= 11 is 0. The number of nitrogens with one attached hydrogen (secondary N) is 1. The second-order valence-electron chi connectivity index (χ2n) is 4.76. The first-order valence-electron chi connectivity index (χ1n) is 6.14. The predicted octanol–water partition coefficient (Wildman–Crippen LogP) is 0.529. The fraction of sp³-hybridized carbons (Fsp3) is 0.818. The molecule has 0 saturated carbocycles. The Labute approximate surface area is 101 Å². The third-order valence-electron chi connectivity index (χ3n) is 2.78. The Bertz CT molecular complexity index is 353. The number of aliphatic hydroxyl groups excluding tert-OH is 1. The Morgan fingerprint density at radius 3 is 3.06 bits per heavy atom. The normalized spacial score (nSPS) is 21.2. The van der Waals surface area contributed by atoms with E-state index < -0.39 is 0 Å². The second kappa shape index (κ2) is 5.46. The fourth-order valence-electron chi connectivity index (χ4n) is 1.86. The van der Waals surface area contributed by atoms with Crippen LogP contribution in [0.5, 0.6) is 0 Å². The molecule has 1 atom stereocenters. The van der Waals surface area contributed by atoms with Crippen LogP contribution in [0.25, 0.3) is 0 Å². The third-order valence-corrected chi connectivity index (χ3v) is 2.78. The molecule has 96 valence electrons. The van der Waals surface area contributed by atoms with E-state index in [9.17, 15) is 5.11 Å². The average molecular weight is 240 g/mol. The zero-order valence-electron chi connectivity index (χ0n) is 10.4. The van der Waals surface area contributed by atoms with Crippen LogP contribution in [-0.2, 0) is 6.54 Å². The number of piperidine rings is 1. The van der Waals surface area contributed by atoms with E-state index in [0.29, 0.717) is 31.0 Å². The first-order chi connectivity index (χ1) is 8.15. The van der Waals surface area contributed by atoms with Crippen molar-refractivity contribution in [2.24, 2.45) is 0 Å². The van der Waals surface area contributed by atoms with Gasteiger partial charge in [-0.2, -0.15) is 0 Å². The second-order valence-corrected chi connectivity index (χ2v) is 4.76. The number of anilines is 1. The summed E-state index contributed by atoms with van der Waals surface area (Å²) in [4.78, 5) is 1.94. The summed E-state index contributed by atoms with van der Waals surface area (Å²) in [5.74, 6) is 0.591. The molecule has 1 unspecified atom stereocenters. The van der Waals surface area contributed by atoms with Crippen LogP contribution < -0.4 is 10.2 Å². The topological polar surface area (TPSA) is 74.4 Å². The van der Waals surface area contributed by atoms with E-state index in [1.807, 2.05) is 4.90 Å². The SMILES string of the molecule is CC(C)NCc1nnc(N2CCCC(O)C2)o1. The molecule has 17 heavy (non-hydrogen) atoms. The highest BCUT2D eigenvalue weighted by atomic mass is 16.4. The van der Waals surface area contributed by atoms with Crippen molar-refractivity contribution in [1.82, 2.24) is 15.5 Å². The van der Waals surface area contributed by atoms with Gasteiger partial charge < -0.3 is 19.7 Å². The molecular formula is C11H20N4O2. The smallest absolute Gasteiger partial charge is 0.318 e. The Morgan fingerprint density at radius 2 is 2.35 bits per heavy atom. The summed E-state index contributed by atoms with van der Waals surface area (Å²) in [6.45, 7) is 6.17. The van der Waals surface area contributed by atoms with Crippen LogP contribution in [0.3, 0.4) is 0 Å². The standard InChI is InChI=1S/C11H20N4O2/c1-8(2)12-6-10-13-14-11(17-10)15-5-3-4-9(16)7-15/h8-9,12,16H,3-7H2,1-2H3. The van der Waals surface area contributed by atoms with Gasteiger partial charge in [-0.25, -0.2) is 0 Å². The van der Waals surface area contributed by atoms with E-state index in [4.69, 9.17) is 4.42 Å². The van der Waals surface area contributed by atoms with Gasteiger partial charge in [-0.05, 0) is 12.8 Å². The fourth-order valence-corrected chi connectivity index (χ4v) is 1.86. The molecule has 2 rings (SSSR count). The molecule has 1 aromatic rings. The van der Waals surface area contributed by atoms with E-state index in [2.05, 4.69) is 29.4 Å². The Morgan fingerprint density at radius 1 is 1.53 bits per heavy atom. The minimum absolute atomic E-state index is 0.284. The van der Waals surface area contributed by atoms with Crippen molar-refractivity contribution >= 4 is 6.01 Å². The number of hydrogen-bond acceptors (Lipinski definition) is 6. The van der Waals surface area contributed by atoms with Crippen molar-refractivity contribution in [2.45, 2.75) is 45.4 Å². The molecule has 0 aliphatic carbocycles. The molecule has 1 fully saturated rings. The van der Waals surface area contributed by atoms with Gasteiger partial charge in [0.2, 0.25) is 5.89 Å². The number of hydrogen-bond donors (Lipinski definition) is 2. The minimum Gasteiger partial charge on any atom is -0.407 e. The molecule has 1 aromatic heterocycles. The van der Waals surface area contributed by atoms with Gasteiger partial charge in [0.1, 0.15) is 0 Å². The van der Waals surface area contributed by atoms with Gasteiger partial charge >= 0.3 is 6.01 Å². The van der Waals surface area contributed by atoms with Crippen molar-refractivity contribution in [3.63, 3.8) is 0 Å². The number of aromatic nitrogens is 2. The molecule has 0 spiro atoms. The highest BCUT2D eigenvalue weighted by molar-refractivity contribution is 5.25. The van der Waals surface area contributed by atoms with Gasteiger partial charge in [0.15, 0.2) is 0 Å². The lowest BCUT2D eigenvalue weighted by atomic mass is 10.1. The maximum Gasteiger partial charge on any atom is 0.318 e. The number of aliphatic hydroxyl groups is 1. The van der Waals surface area contributed by atoms with Crippen LogP contribution >= 0.6 is 0 Å². The monoisotopic (exact) mass is 240 g/mol. The van der Waals surface area contributed by atoms with Crippen LogP contribution in [0.4, 0.5) is 6.01 Å². The molecule has 1 aliphatic rings. The molecular weight excluding hydrogens is 220 g/mol. The Kier molecular flexibility index (Phi) is 3.96. The maximum atomic E-state index is 9.58. The summed E-state index contributed by atoms with van der Waals surface area (Å²) in [5.41, 5.74) is 0. The lowest BCUT2D eigenvalue weighted by molar-refractivity contribution is 0.151.